The van der Waals surface area contributed by atoms with Crippen LogP contribution >= 0.6 is 0 Å². The van der Waals surface area contributed by atoms with Crippen LogP contribution in [0.15, 0.2) is 42.5 Å². The quantitative estimate of drug-likeness (QED) is 0.222. The lowest BCUT2D eigenvalue weighted by Crippen LogP contribution is -2.27. The van der Waals surface area contributed by atoms with Gasteiger partial charge in [0.2, 0.25) is 16.0 Å². The molecule has 0 aliphatic rings. The van der Waals surface area contributed by atoms with Gasteiger partial charge < -0.3 is 25.5 Å². The number of aromatic nitrogens is 2. The Bertz CT molecular complexity index is 1380. The molecule has 0 saturated carbocycles. The average Bonchev–Trinajstić information content (AvgIpc) is 2.85. The molecule has 0 aliphatic carbocycles. The largest absolute Gasteiger partial charge is 0.481 e. The van der Waals surface area contributed by atoms with E-state index in [9.17, 15) is 37.4 Å². The summed E-state index contributed by atoms with van der Waals surface area (Å²) in [6.07, 6.45) is 1.98. The Morgan fingerprint density at radius 3 is 1.98 bits per heavy atom. The Labute approximate surface area is 236 Å². The number of hydrogen-bond donors (Lipinski definition) is 5. The molecule has 0 amide bonds. The van der Waals surface area contributed by atoms with Gasteiger partial charge in [0.05, 0.1) is 36.3 Å². The number of carboxylic acid groups (broad SMARTS) is 3. The standard InChI is InChI=1S/C22H28FN3O6S.C4H4O4/c1-13(2)20-18(10-9-16(27)11-17(28)12-19(29)30)21(14-5-7-15(23)8-6-14)25-22(24-20)26(3)33(4,31)32;5-3(6)1-2-4(7)8/h5-10,13,16-17,27-28H,11-12H2,1-4H3,(H,29,30);1-2H,(H,5,6)(H,7,8)/b10-9+;2-1+. The second-order valence-corrected chi connectivity index (χ2v) is 11.0. The van der Waals surface area contributed by atoms with Crippen molar-refractivity contribution in [1.82, 2.24) is 9.97 Å². The summed E-state index contributed by atoms with van der Waals surface area (Å²) in [6.45, 7) is 3.71. The monoisotopic (exact) mass is 597 g/mol. The van der Waals surface area contributed by atoms with E-state index in [0.717, 1.165) is 10.6 Å². The maximum absolute atomic E-state index is 13.5. The molecular formula is C26H32FN3O10S. The Kier molecular flexibility index (Phi) is 13.2. The third-order valence-corrected chi connectivity index (χ3v) is 6.34. The van der Waals surface area contributed by atoms with E-state index < -0.39 is 52.4 Å². The number of sulfonamides is 1. The first-order chi connectivity index (χ1) is 18.9. The van der Waals surface area contributed by atoms with Crippen LogP contribution in [-0.2, 0) is 24.4 Å². The number of aliphatic hydroxyl groups excluding tert-OH is 2. The molecule has 2 atom stereocenters. The molecule has 2 rings (SSSR count). The molecule has 0 fully saturated rings. The van der Waals surface area contributed by atoms with Crippen LogP contribution in [0.4, 0.5) is 10.3 Å². The highest BCUT2D eigenvalue weighted by Crippen LogP contribution is 2.31. The lowest BCUT2D eigenvalue weighted by molar-refractivity contribution is -0.139. The number of carboxylic acids is 3. The van der Waals surface area contributed by atoms with E-state index >= 15 is 0 Å². The molecule has 0 aliphatic heterocycles. The number of aliphatic hydroxyl groups is 2. The number of carbonyl (C=O) groups is 3. The van der Waals surface area contributed by atoms with E-state index in [4.69, 9.17) is 15.3 Å². The summed E-state index contributed by atoms with van der Waals surface area (Å²) in [5, 5.41) is 44.4. The van der Waals surface area contributed by atoms with Crippen molar-refractivity contribution < 1.29 is 52.7 Å². The van der Waals surface area contributed by atoms with Gasteiger partial charge in [0.15, 0.2) is 0 Å². The van der Waals surface area contributed by atoms with E-state index in [-0.39, 0.29) is 18.3 Å². The molecule has 5 N–H and O–H groups in total. The predicted octanol–water partition coefficient (Wildman–Crippen LogP) is 2.11. The van der Waals surface area contributed by atoms with E-state index in [1.807, 2.05) is 13.8 Å². The molecule has 1 aromatic heterocycles. The average molecular weight is 598 g/mol. The summed E-state index contributed by atoms with van der Waals surface area (Å²) >= 11 is 0. The number of nitrogens with zero attached hydrogens (tertiary/aromatic N) is 3. The molecular weight excluding hydrogens is 565 g/mol. The molecule has 1 aromatic carbocycles. The molecule has 41 heavy (non-hydrogen) atoms. The van der Waals surface area contributed by atoms with Gasteiger partial charge >= 0.3 is 17.9 Å². The zero-order valence-corrected chi connectivity index (χ0v) is 23.5. The zero-order valence-electron chi connectivity index (χ0n) is 22.7. The summed E-state index contributed by atoms with van der Waals surface area (Å²) in [4.78, 5) is 38.7. The molecule has 1 heterocycles. The molecule has 0 saturated heterocycles. The first kappa shape index (κ1) is 34.8. The first-order valence-corrected chi connectivity index (χ1v) is 13.8. The molecule has 13 nitrogen and oxygen atoms in total. The maximum atomic E-state index is 13.5. The van der Waals surface area contributed by atoms with Crippen LogP contribution in [0.2, 0.25) is 0 Å². The minimum absolute atomic E-state index is 0.0601. The molecule has 15 heteroatoms. The SMILES string of the molecule is CC(C)c1nc(N(C)S(C)(=O)=O)nc(-c2ccc(F)cc2)c1/C=C/C(O)CC(O)CC(=O)O.O=C(O)/C=C/C(=O)O. The summed E-state index contributed by atoms with van der Waals surface area (Å²) in [5.74, 6) is -4.38. The molecule has 224 valence electrons. The van der Waals surface area contributed by atoms with Crippen LogP contribution < -0.4 is 4.31 Å². The van der Waals surface area contributed by atoms with Crippen LogP contribution in [-0.4, -0.2) is 87.3 Å². The zero-order chi connectivity index (χ0) is 31.5. The normalized spacial score (nSPS) is 13.1. The van der Waals surface area contributed by atoms with Crippen molar-refractivity contribution in [2.24, 2.45) is 0 Å². The van der Waals surface area contributed by atoms with Gasteiger partial charge in [-0.05, 0) is 30.2 Å². The fraction of sp³-hybridized carbons (Fsp3) is 0.346. The van der Waals surface area contributed by atoms with Crippen LogP contribution in [0.3, 0.4) is 0 Å². The molecule has 0 bridgehead atoms. The van der Waals surface area contributed by atoms with Crippen LogP contribution in [0, 0.1) is 5.82 Å². The number of hydrogen-bond acceptors (Lipinski definition) is 9. The number of aliphatic carboxylic acids is 3. The number of benzene rings is 1. The minimum atomic E-state index is -3.65. The van der Waals surface area contributed by atoms with Gasteiger partial charge in [-0.3, -0.25) is 4.79 Å². The van der Waals surface area contributed by atoms with Crippen molar-refractivity contribution in [2.45, 2.75) is 44.8 Å². The minimum Gasteiger partial charge on any atom is -0.481 e. The maximum Gasteiger partial charge on any atom is 0.328 e. The lowest BCUT2D eigenvalue weighted by atomic mass is 9.97. The Balaban J connectivity index is 0.000000915. The van der Waals surface area contributed by atoms with Crippen LogP contribution in [0.25, 0.3) is 17.3 Å². The summed E-state index contributed by atoms with van der Waals surface area (Å²) in [5.41, 5.74) is 1.80. The van der Waals surface area contributed by atoms with E-state index in [1.54, 1.807) is 0 Å². The van der Waals surface area contributed by atoms with Crippen LogP contribution in [0.1, 0.15) is 43.9 Å². The van der Waals surface area contributed by atoms with E-state index in [1.165, 1.54) is 43.5 Å². The van der Waals surface area contributed by atoms with E-state index in [0.29, 0.717) is 34.7 Å². The molecule has 0 spiro atoms. The summed E-state index contributed by atoms with van der Waals surface area (Å²) in [7, 11) is -2.33. The predicted molar refractivity (Wildman–Crippen MR) is 147 cm³/mol. The van der Waals surface area contributed by atoms with Crippen molar-refractivity contribution in [2.75, 3.05) is 17.6 Å². The van der Waals surface area contributed by atoms with Gasteiger partial charge in [-0.1, -0.05) is 26.0 Å². The highest BCUT2D eigenvalue weighted by Gasteiger charge is 2.22. The first-order valence-electron chi connectivity index (χ1n) is 11.9. The van der Waals surface area contributed by atoms with Crippen molar-refractivity contribution >= 4 is 40.0 Å². The Morgan fingerprint density at radius 2 is 1.54 bits per heavy atom. The van der Waals surface area contributed by atoms with Gasteiger partial charge in [-0.15, -0.1) is 0 Å². The van der Waals surface area contributed by atoms with Gasteiger partial charge in [0.25, 0.3) is 0 Å². The number of rotatable bonds is 12. The third kappa shape index (κ3) is 12.2. The number of anilines is 1. The van der Waals surface area contributed by atoms with Crippen molar-refractivity contribution in [3.8, 4) is 11.3 Å². The second kappa shape index (κ2) is 15.5. The molecule has 2 aromatic rings. The van der Waals surface area contributed by atoms with E-state index in [2.05, 4.69) is 9.97 Å². The second-order valence-electron chi connectivity index (χ2n) is 8.99. The third-order valence-electron chi connectivity index (χ3n) is 5.18. The van der Waals surface area contributed by atoms with Crippen molar-refractivity contribution in [3.63, 3.8) is 0 Å². The topological polar surface area (TPSA) is 216 Å². The smallest absolute Gasteiger partial charge is 0.328 e. The van der Waals surface area contributed by atoms with Gasteiger partial charge in [-0.25, -0.2) is 36.7 Å². The van der Waals surface area contributed by atoms with Gasteiger partial charge in [0.1, 0.15) is 5.82 Å². The highest BCUT2D eigenvalue weighted by atomic mass is 32.2. The number of halogens is 1. The highest BCUT2D eigenvalue weighted by molar-refractivity contribution is 7.92. The summed E-state index contributed by atoms with van der Waals surface area (Å²) < 4.78 is 38.6. The Hall–Kier alpha value is -4.21. The van der Waals surface area contributed by atoms with Crippen LogP contribution in [0.5, 0.6) is 0 Å². The lowest BCUT2D eigenvalue weighted by Gasteiger charge is -2.20. The fourth-order valence-electron chi connectivity index (χ4n) is 3.19. The molecule has 2 unspecified atom stereocenters. The summed E-state index contributed by atoms with van der Waals surface area (Å²) in [6, 6.07) is 5.49. The van der Waals surface area contributed by atoms with Gasteiger partial charge in [0, 0.05) is 36.7 Å². The van der Waals surface area contributed by atoms with Gasteiger partial charge in [-0.2, -0.15) is 0 Å². The van der Waals surface area contributed by atoms with Crippen molar-refractivity contribution in [3.05, 3.63) is 59.6 Å². The van der Waals surface area contributed by atoms with Crippen molar-refractivity contribution in [1.29, 1.82) is 0 Å². The fourth-order valence-corrected chi connectivity index (χ4v) is 3.57. The Morgan fingerprint density at radius 1 is 1.00 bits per heavy atom. The molecule has 0 radical (unpaired) electrons.